The largest absolute Gasteiger partial charge is 0.305 e. The Labute approximate surface area is 124 Å². The van der Waals surface area contributed by atoms with Crippen molar-refractivity contribution in [2.45, 2.75) is 19.5 Å². The third kappa shape index (κ3) is 3.90. The highest BCUT2D eigenvalue weighted by Crippen LogP contribution is 2.17. The van der Waals surface area contributed by atoms with E-state index in [4.69, 9.17) is 0 Å². The summed E-state index contributed by atoms with van der Waals surface area (Å²) < 4.78 is 2.11. The van der Waals surface area contributed by atoms with Gasteiger partial charge in [0.15, 0.2) is 0 Å². The normalized spacial score (nSPS) is 12.4. The molecular weight excluding hydrogens is 356 g/mol. The molecule has 2 nitrogen and oxygen atoms in total. The van der Waals surface area contributed by atoms with E-state index < -0.39 is 0 Å². The first kappa shape index (κ1) is 13.7. The second kappa shape index (κ2) is 6.45. The third-order valence-electron chi connectivity index (χ3n) is 2.75. The molecule has 1 aromatic carbocycles. The first-order chi connectivity index (χ1) is 8.65. The Balaban J connectivity index is 1.93. The number of pyridine rings is 1. The first-order valence-electron chi connectivity index (χ1n) is 5.74. The van der Waals surface area contributed by atoms with Gasteiger partial charge in [0.2, 0.25) is 0 Å². The Morgan fingerprint density at radius 3 is 2.33 bits per heavy atom. The van der Waals surface area contributed by atoms with Gasteiger partial charge in [0.05, 0.1) is 5.69 Å². The van der Waals surface area contributed by atoms with Crippen LogP contribution in [0, 0.1) is 0 Å². The van der Waals surface area contributed by atoms with Gasteiger partial charge >= 0.3 is 0 Å². The molecule has 1 N–H and O–H groups in total. The van der Waals surface area contributed by atoms with Crippen molar-refractivity contribution in [2.75, 3.05) is 0 Å². The van der Waals surface area contributed by atoms with Crippen LogP contribution in [0.25, 0.3) is 0 Å². The number of hydrogen-bond donors (Lipinski definition) is 1. The highest BCUT2D eigenvalue weighted by molar-refractivity contribution is 9.10. The maximum absolute atomic E-state index is 4.34. The molecule has 0 spiro atoms. The van der Waals surface area contributed by atoms with Crippen molar-refractivity contribution in [3.8, 4) is 0 Å². The lowest BCUT2D eigenvalue weighted by Gasteiger charge is -2.14. The molecule has 0 aliphatic heterocycles. The van der Waals surface area contributed by atoms with Gasteiger partial charge in [-0.1, -0.05) is 28.1 Å². The van der Waals surface area contributed by atoms with Crippen molar-refractivity contribution in [2.24, 2.45) is 0 Å². The second-order valence-corrected chi connectivity index (χ2v) is 5.95. The van der Waals surface area contributed by atoms with Gasteiger partial charge in [-0.05, 0) is 52.7 Å². The predicted molar refractivity (Wildman–Crippen MR) is 81.3 cm³/mol. The van der Waals surface area contributed by atoms with Gasteiger partial charge in [0, 0.05) is 27.7 Å². The van der Waals surface area contributed by atoms with Crippen LogP contribution in [0.5, 0.6) is 0 Å². The smallest absolute Gasteiger partial charge is 0.0542 e. The van der Waals surface area contributed by atoms with Crippen LogP contribution in [0.4, 0.5) is 0 Å². The Kier molecular flexibility index (Phi) is 4.92. The van der Waals surface area contributed by atoms with Gasteiger partial charge in [0.1, 0.15) is 0 Å². The van der Waals surface area contributed by atoms with E-state index in [1.165, 1.54) is 5.56 Å². The quantitative estimate of drug-likeness (QED) is 0.860. The zero-order chi connectivity index (χ0) is 13.0. The van der Waals surface area contributed by atoms with Crippen molar-refractivity contribution in [3.63, 3.8) is 0 Å². The summed E-state index contributed by atoms with van der Waals surface area (Å²) in [6, 6.07) is 12.7. The van der Waals surface area contributed by atoms with Gasteiger partial charge in [0.25, 0.3) is 0 Å². The van der Waals surface area contributed by atoms with E-state index in [0.29, 0.717) is 6.04 Å². The number of hydrogen-bond acceptors (Lipinski definition) is 2. The van der Waals surface area contributed by atoms with Gasteiger partial charge in [-0.3, -0.25) is 4.98 Å². The number of halogens is 2. The SMILES string of the molecule is C[C@H](NCc1ccc(Br)cn1)c1ccc(Br)cc1. The summed E-state index contributed by atoms with van der Waals surface area (Å²) in [6.07, 6.45) is 1.82. The summed E-state index contributed by atoms with van der Waals surface area (Å²) in [5, 5.41) is 3.46. The number of aromatic nitrogens is 1. The second-order valence-electron chi connectivity index (χ2n) is 4.12. The lowest BCUT2D eigenvalue weighted by atomic mass is 10.1. The summed E-state index contributed by atoms with van der Waals surface area (Å²) in [5.41, 5.74) is 2.32. The van der Waals surface area contributed by atoms with E-state index in [2.05, 4.69) is 73.3 Å². The van der Waals surface area contributed by atoms with Crippen LogP contribution in [-0.2, 0) is 6.54 Å². The summed E-state index contributed by atoms with van der Waals surface area (Å²) >= 11 is 6.82. The maximum Gasteiger partial charge on any atom is 0.0542 e. The molecule has 2 aromatic rings. The minimum Gasteiger partial charge on any atom is -0.305 e. The molecule has 0 unspecified atom stereocenters. The van der Waals surface area contributed by atoms with Crippen LogP contribution >= 0.6 is 31.9 Å². The van der Waals surface area contributed by atoms with Crippen molar-refractivity contribution in [1.82, 2.24) is 10.3 Å². The lowest BCUT2D eigenvalue weighted by Crippen LogP contribution is -2.18. The number of nitrogens with one attached hydrogen (secondary N) is 1. The zero-order valence-corrected chi connectivity index (χ0v) is 13.2. The summed E-state index contributed by atoms with van der Waals surface area (Å²) in [7, 11) is 0. The Morgan fingerprint density at radius 2 is 1.72 bits per heavy atom. The molecule has 1 heterocycles. The fraction of sp³-hybridized carbons (Fsp3) is 0.214. The minimum absolute atomic E-state index is 0.309. The molecule has 0 amide bonds. The predicted octanol–water partition coefficient (Wildman–Crippen LogP) is 4.46. The van der Waals surface area contributed by atoms with E-state index >= 15 is 0 Å². The van der Waals surface area contributed by atoms with Gasteiger partial charge in [-0.25, -0.2) is 0 Å². The van der Waals surface area contributed by atoms with Crippen LogP contribution in [-0.4, -0.2) is 4.98 Å². The van der Waals surface area contributed by atoms with Crippen LogP contribution in [0.3, 0.4) is 0 Å². The van der Waals surface area contributed by atoms with Crippen LogP contribution < -0.4 is 5.32 Å². The molecule has 0 radical (unpaired) electrons. The van der Waals surface area contributed by atoms with E-state index in [-0.39, 0.29) is 0 Å². The molecule has 0 aliphatic rings. The van der Waals surface area contributed by atoms with Gasteiger partial charge in [-0.15, -0.1) is 0 Å². The third-order valence-corrected chi connectivity index (χ3v) is 3.75. The molecule has 1 aromatic heterocycles. The first-order valence-corrected chi connectivity index (χ1v) is 7.33. The standard InChI is InChI=1S/C14H14Br2N2/c1-10(11-2-4-12(15)5-3-11)17-9-14-7-6-13(16)8-18-14/h2-8,10,17H,9H2,1H3/t10-/m0/s1. The fourth-order valence-electron chi connectivity index (χ4n) is 1.64. The Bertz CT molecular complexity index is 494. The van der Waals surface area contributed by atoms with Crippen molar-refractivity contribution in [1.29, 1.82) is 0 Å². The molecule has 2 rings (SSSR count). The summed E-state index contributed by atoms with van der Waals surface area (Å²) in [4.78, 5) is 4.34. The molecule has 0 saturated carbocycles. The molecule has 0 aliphatic carbocycles. The average molecular weight is 370 g/mol. The molecule has 0 bridgehead atoms. The maximum atomic E-state index is 4.34. The van der Waals surface area contributed by atoms with Gasteiger partial charge < -0.3 is 5.32 Å². The zero-order valence-electron chi connectivity index (χ0n) is 10.0. The van der Waals surface area contributed by atoms with E-state index in [1.807, 2.05) is 18.3 Å². The molecule has 4 heteroatoms. The van der Waals surface area contributed by atoms with Crippen molar-refractivity contribution >= 4 is 31.9 Å². The monoisotopic (exact) mass is 368 g/mol. The molecule has 94 valence electrons. The highest BCUT2D eigenvalue weighted by atomic mass is 79.9. The summed E-state index contributed by atoms with van der Waals surface area (Å²) in [6.45, 7) is 2.92. The van der Waals surface area contributed by atoms with E-state index in [9.17, 15) is 0 Å². The molecule has 18 heavy (non-hydrogen) atoms. The number of rotatable bonds is 4. The van der Waals surface area contributed by atoms with Gasteiger partial charge in [-0.2, -0.15) is 0 Å². The molecule has 1 atom stereocenters. The molecule has 0 saturated heterocycles. The minimum atomic E-state index is 0.309. The Morgan fingerprint density at radius 1 is 1.06 bits per heavy atom. The van der Waals surface area contributed by atoms with Crippen molar-refractivity contribution < 1.29 is 0 Å². The lowest BCUT2D eigenvalue weighted by molar-refractivity contribution is 0.567. The number of nitrogens with zero attached hydrogens (tertiary/aromatic N) is 1. The highest BCUT2D eigenvalue weighted by Gasteiger charge is 2.04. The summed E-state index contributed by atoms with van der Waals surface area (Å²) in [5.74, 6) is 0. The number of benzene rings is 1. The van der Waals surface area contributed by atoms with E-state index in [1.54, 1.807) is 0 Å². The van der Waals surface area contributed by atoms with Crippen LogP contribution in [0.2, 0.25) is 0 Å². The topological polar surface area (TPSA) is 24.9 Å². The fourth-order valence-corrected chi connectivity index (χ4v) is 2.14. The molecule has 0 fully saturated rings. The molecular formula is C14H14Br2N2. The van der Waals surface area contributed by atoms with Crippen LogP contribution in [0.1, 0.15) is 24.2 Å². The van der Waals surface area contributed by atoms with Crippen molar-refractivity contribution in [3.05, 3.63) is 62.8 Å². The average Bonchev–Trinajstić information content (AvgIpc) is 2.38. The Hall–Kier alpha value is -0.710. The van der Waals surface area contributed by atoms with Crippen LogP contribution in [0.15, 0.2) is 51.5 Å². The van der Waals surface area contributed by atoms with E-state index in [0.717, 1.165) is 21.2 Å².